The predicted octanol–water partition coefficient (Wildman–Crippen LogP) is -1.75. The number of nitrogens with one attached hydrogen (secondary N) is 4. The van der Waals surface area contributed by atoms with E-state index in [0.717, 1.165) is 35.7 Å². The average Bonchev–Trinajstić information content (AvgIpc) is 3.47. The highest BCUT2D eigenvalue weighted by molar-refractivity contribution is 7.89. The van der Waals surface area contributed by atoms with Crippen molar-refractivity contribution in [3.63, 3.8) is 0 Å². The Hall–Kier alpha value is -5.43. The van der Waals surface area contributed by atoms with Crippen molar-refractivity contribution >= 4 is 66.2 Å². The number of aromatic nitrogens is 2. The van der Waals surface area contributed by atoms with E-state index in [-0.39, 0.29) is 50.7 Å². The lowest BCUT2D eigenvalue weighted by Crippen LogP contribution is -2.74. The van der Waals surface area contributed by atoms with Crippen LogP contribution in [0.15, 0.2) is 56.8 Å². The fourth-order valence-corrected chi connectivity index (χ4v) is 7.39. The number of nitrogens with two attached hydrogens (primary N) is 1. The Labute approximate surface area is 291 Å². The fourth-order valence-electron chi connectivity index (χ4n) is 4.92. The van der Waals surface area contributed by atoms with E-state index in [1.165, 1.54) is 17.5 Å². The van der Waals surface area contributed by atoms with Crippen LogP contribution in [0.1, 0.15) is 41.0 Å². The summed E-state index contributed by atoms with van der Waals surface area (Å²) in [6, 6.07) is 2.32. The molecule has 2 atom stereocenters. The molecule has 3 aromatic rings. The molecule has 1 aliphatic carbocycles. The number of β-lactam (4-membered cyclic amide) rings is 1. The molecule has 51 heavy (non-hydrogen) atoms. The van der Waals surface area contributed by atoms with Crippen LogP contribution in [-0.2, 0) is 46.1 Å². The molecule has 3 amide bonds. The number of oxime groups is 1. The van der Waals surface area contributed by atoms with Gasteiger partial charge in [-0.3, -0.25) is 23.7 Å². The number of thiazole rings is 1. The summed E-state index contributed by atoms with van der Waals surface area (Å²) >= 11 is 0.903. The van der Waals surface area contributed by atoms with Crippen LogP contribution < -0.4 is 26.5 Å². The summed E-state index contributed by atoms with van der Waals surface area (Å²) in [5, 5.41) is 28.5. The number of carboxylic acid groups (broad SMARTS) is 1. The van der Waals surface area contributed by atoms with Gasteiger partial charge in [-0.25, -0.2) is 27.2 Å². The van der Waals surface area contributed by atoms with Crippen molar-refractivity contribution < 1.29 is 55.6 Å². The summed E-state index contributed by atoms with van der Waals surface area (Å²) in [5.41, 5.74) is 2.37. The van der Waals surface area contributed by atoms with E-state index < -0.39 is 85.1 Å². The Morgan fingerprint density at radius 1 is 1.18 bits per heavy atom. The van der Waals surface area contributed by atoms with Gasteiger partial charge in [0.25, 0.3) is 17.7 Å². The number of benzene rings is 1. The SMILES string of the molecule is Nc1nc(/C(=N/OC2(C(=O)O)CCC2)C(=O)N[C@@H]2C(=O)N(S(=O)(=O)O)[C@@H]2CNC(=O)c2cccc(S(=O)(=O)NCc3cc(=O)c(O)c[nH]3)c2)cs1. The number of carbonyl (C=O) groups is 4. The summed E-state index contributed by atoms with van der Waals surface area (Å²) < 4.78 is 61.7. The van der Waals surface area contributed by atoms with Crippen LogP contribution in [0.2, 0.25) is 0 Å². The number of nitrogen functional groups attached to an aromatic ring is 1. The Kier molecular flexibility index (Phi) is 10.2. The minimum absolute atomic E-state index is 0.00119. The summed E-state index contributed by atoms with van der Waals surface area (Å²) in [5.74, 6) is -5.29. The molecule has 2 fully saturated rings. The van der Waals surface area contributed by atoms with Crippen LogP contribution in [0.5, 0.6) is 5.75 Å². The molecule has 2 aliphatic rings. The molecule has 0 bridgehead atoms. The Bertz CT molecular complexity index is 2210. The number of H-pyrrole nitrogens is 1. The van der Waals surface area contributed by atoms with Crippen LogP contribution in [0.3, 0.4) is 0 Å². The normalized spacial score (nSPS) is 18.6. The molecule has 24 heteroatoms. The van der Waals surface area contributed by atoms with Gasteiger partial charge in [0.1, 0.15) is 11.7 Å². The zero-order valence-electron chi connectivity index (χ0n) is 25.8. The quantitative estimate of drug-likeness (QED) is 0.0390. The number of rotatable bonds is 14. The first-order chi connectivity index (χ1) is 23.9. The van der Waals surface area contributed by atoms with Crippen LogP contribution >= 0.6 is 11.3 Å². The van der Waals surface area contributed by atoms with Gasteiger partial charge < -0.3 is 36.4 Å². The highest BCUT2D eigenvalue weighted by Gasteiger charge is 2.54. The van der Waals surface area contributed by atoms with Crippen molar-refractivity contribution in [3.05, 3.63) is 69.1 Å². The van der Waals surface area contributed by atoms with E-state index in [1.54, 1.807) is 0 Å². The van der Waals surface area contributed by atoms with E-state index >= 15 is 0 Å². The number of pyridine rings is 1. The number of sulfonamides is 1. The molecule has 3 heterocycles. The third-order valence-electron chi connectivity index (χ3n) is 7.83. The van der Waals surface area contributed by atoms with Gasteiger partial charge in [-0.15, -0.1) is 11.3 Å². The average molecular weight is 769 g/mol. The monoisotopic (exact) mass is 768 g/mol. The lowest BCUT2D eigenvalue weighted by molar-refractivity contribution is -0.178. The molecule has 0 unspecified atom stereocenters. The second-order valence-corrected chi connectivity index (χ2v) is 15.1. The van der Waals surface area contributed by atoms with Gasteiger partial charge in [0.15, 0.2) is 16.6 Å². The Morgan fingerprint density at radius 3 is 2.49 bits per heavy atom. The number of carbonyl (C=O) groups excluding carboxylic acids is 3. The Morgan fingerprint density at radius 2 is 1.90 bits per heavy atom. The molecule has 272 valence electrons. The van der Waals surface area contributed by atoms with E-state index in [1.807, 2.05) is 0 Å². The van der Waals surface area contributed by atoms with Crippen molar-refractivity contribution in [2.45, 2.75) is 48.4 Å². The molecular weight excluding hydrogens is 741 g/mol. The standard InChI is InChI=1S/C27H28N8O13S3/c28-26-32-16(12-49-26)20(34-48-27(25(41)42)5-2-6-27)23(39)33-21-17(35(24(21)40)51(45,46)47)10-30-22(38)13-3-1-4-15(7-13)50(43,44)31-9-14-8-18(36)19(37)11-29-14/h1,3-4,7-8,11-12,17,21,31,37H,2,5-6,9-10H2,(H2,28,32)(H,29,36)(H,30,38)(H,33,39)(H,41,42)(H,45,46,47)/b34-20-/t17-,21+/m1/s1. The van der Waals surface area contributed by atoms with Gasteiger partial charge in [-0.05, 0) is 24.6 Å². The number of carboxylic acids is 1. The second-order valence-electron chi connectivity index (χ2n) is 11.2. The number of anilines is 1. The van der Waals surface area contributed by atoms with Crippen molar-refractivity contribution in [2.75, 3.05) is 12.3 Å². The van der Waals surface area contributed by atoms with E-state index in [0.29, 0.717) is 6.42 Å². The number of amides is 3. The molecule has 1 saturated carbocycles. The number of hydrogen-bond acceptors (Lipinski definition) is 15. The number of aromatic amines is 1. The molecule has 2 aromatic heterocycles. The fraction of sp³-hybridized carbons (Fsp3) is 0.296. The molecule has 21 nitrogen and oxygen atoms in total. The second kappa shape index (κ2) is 14.1. The van der Waals surface area contributed by atoms with E-state index in [4.69, 9.17) is 10.6 Å². The van der Waals surface area contributed by atoms with E-state index in [2.05, 4.69) is 30.5 Å². The topological polar surface area (TPSA) is 330 Å². The first kappa shape index (κ1) is 36.8. The van der Waals surface area contributed by atoms with Crippen LogP contribution in [-0.4, -0.2) is 99.5 Å². The molecule has 0 radical (unpaired) electrons. The minimum Gasteiger partial charge on any atom is -0.503 e. The summed E-state index contributed by atoms with van der Waals surface area (Å²) in [6.07, 6.45) is 1.69. The summed E-state index contributed by atoms with van der Waals surface area (Å²) in [6.45, 7) is -1.06. The van der Waals surface area contributed by atoms with Gasteiger partial charge in [0.2, 0.25) is 21.1 Å². The molecule has 1 saturated heterocycles. The van der Waals surface area contributed by atoms with Gasteiger partial charge in [-0.2, -0.15) is 8.42 Å². The van der Waals surface area contributed by atoms with Gasteiger partial charge >= 0.3 is 16.3 Å². The van der Waals surface area contributed by atoms with Crippen molar-refractivity contribution in [2.24, 2.45) is 5.16 Å². The lowest BCUT2D eigenvalue weighted by atomic mass is 9.80. The van der Waals surface area contributed by atoms with Crippen LogP contribution in [0.25, 0.3) is 0 Å². The van der Waals surface area contributed by atoms with Crippen molar-refractivity contribution in [1.82, 2.24) is 29.6 Å². The van der Waals surface area contributed by atoms with Crippen LogP contribution in [0, 0.1) is 0 Å². The van der Waals surface area contributed by atoms with Crippen LogP contribution in [0.4, 0.5) is 5.13 Å². The summed E-state index contributed by atoms with van der Waals surface area (Å²) in [7, 11) is -9.46. The highest BCUT2D eigenvalue weighted by atomic mass is 32.2. The maximum atomic E-state index is 13.4. The first-order valence-electron chi connectivity index (χ1n) is 14.5. The Balaban J connectivity index is 1.30. The molecule has 9 N–H and O–H groups in total. The van der Waals surface area contributed by atoms with Gasteiger partial charge in [-0.1, -0.05) is 11.2 Å². The number of hydrogen-bond donors (Lipinski definition) is 8. The largest absolute Gasteiger partial charge is 0.503 e. The molecule has 5 rings (SSSR count). The molecule has 1 aliphatic heterocycles. The number of aliphatic carboxylic acids is 1. The summed E-state index contributed by atoms with van der Waals surface area (Å²) in [4.78, 5) is 73.9. The highest BCUT2D eigenvalue weighted by Crippen LogP contribution is 2.36. The third kappa shape index (κ3) is 7.83. The predicted molar refractivity (Wildman–Crippen MR) is 174 cm³/mol. The molecule has 0 spiro atoms. The number of aromatic hydroxyl groups is 1. The van der Waals surface area contributed by atoms with Crippen molar-refractivity contribution in [3.8, 4) is 5.75 Å². The van der Waals surface area contributed by atoms with Gasteiger partial charge in [0.05, 0.1) is 17.5 Å². The zero-order chi connectivity index (χ0) is 37.3. The maximum absolute atomic E-state index is 13.4. The first-order valence-corrected chi connectivity index (χ1v) is 18.3. The lowest BCUT2D eigenvalue weighted by Gasteiger charge is -2.44. The molecular formula is C27H28N8O13S3. The van der Waals surface area contributed by atoms with Crippen molar-refractivity contribution in [1.29, 1.82) is 0 Å². The smallest absolute Gasteiger partial charge is 0.362 e. The minimum atomic E-state index is -5.20. The maximum Gasteiger partial charge on any atom is 0.362 e. The third-order valence-corrected chi connectivity index (χ3v) is 10.9. The zero-order valence-corrected chi connectivity index (χ0v) is 28.2. The number of nitrogens with zero attached hydrogens (tertiary/aromatic N) is 3. The van der Waals surface area contributed by atoms with Gasteiger partial charge in [0, 0.05) is 48.3 Å². The van der Waals surface area contributed by atoms with E-state index in [9.17, 15) is 55.6 Å². The molecule has 1 aromatic carbocycles.